The number of anilines is 3. The van der Waals surface area contributed by atoms with Gasteiger partial charge < -0.3 is 4.90 Å². The van der Waals surface area contributed by atoms with Crippen LogP contribution in [0.15, 0.2) is 146 Å². The average molecular weight is 540 g/mol. The van der Waals surface area contributed by atoms with Gasteiger partial charge in [0.1, 0.15) is 0 Å². The Morgan fingerprint density at radius 1 is 0.452 bits per heavy atom. The van der Waals surface area contributed by atoms with Gasteiger partial charge in [-0.2, -0.15) is 0 Å². The van der Waals surface area contributed by atoms with Crippen molar-refractivity contribution in [2.75, 3.05) is 4.90 Å². The smallest absolute Gasteiger partial charge is 0.0546 e. The van der Waals surface area contributed by atoms with E-state index in [2.05, 4.69) is 150 Å². The summed E-state index contributed by atoms with van der Waals surface area (Å²) in [5.41, 5.74) is 7.50. The molecule has 0 heterocycles. The van der Waals surface area contributed by atoms with Crippen molar-refractivity contribution in [3.8, 4) is 11.1 Å². The largest absolute Gasteiger partial charge is 0.310 e. The van der Waals surface area contributed by atoms with Gasteiger partial charge in [-0.3, -0.25) is 0 Å². The minimum absolute atomic E-state index is 0.696. The lowest BCUT2D eigenvalue weighted by Crippen LogP contribution is -2.12. The molecule has 0 atom stereocenters. The molecule has 7 aromatic rings. The Balaban J connectivity index is 1.38. The van der Waals surface area contributed by atoms with Crippen molar-refractivity contribution in [2.24, 2.45) is 0 Å². The van der Waals surface area contributed by atoms with Gasteiger partial charge in [-0.1, -0.05) is 122 Å². The van der Waals surface area contributed by atoms with Crippen molar-refractivity contribution in [2.45, 2.75) is 31.6 Å². The fraction of sp³-hybridized carbons (Fsp3) is 0.122. The lowest BCUT2D eigenvalue weighted by Gasteiger charge is -2.29. The van der Waals surface area contributed by atoms with Crippen LogP contribution in [-0.2, 0) is 0 Å². The van der Waals surface area contributed by atoms with Gasteiger partial charge in [0.15, 0.2) is 0 Å². The molecule has 42 heavy (non-hydrogen) atoms. The van der Waals surface area contributed by atoms with Crippen LogP contribution in [0.25, 0.3) is 43.4 Å². The third-order valence-corrected chi connectivity index (χ3v) is 9.16. The molecule has 1 nitrogen and oxygen atoms in total. The lowest BCUT2D eigenvalue weighted by atomic mass is 9.93. The first-order valence-electron chi connectivity index (χ1n) is 15.2. The average Bonchev–Trinajstić information content (AvgIpc) is 3.60. The minimum Gasteiger partial charge on any atom is -0.310 e. The Bertz CT molecular complexity index is 2050. The molecule has 1 saturated carbocycles. The molecule has 1 heteroatoms. The summed E-state index contributed by atoms with van der Waals surface area (Å²) >= 11 is 0. The molecule has 0 amide bonds. The third-order valence-electron chi connectivity index (χ3n) is 9.16. The second-order valence-corrected chi connectivity index (χ2v) is 11.7. The van der Waals surface area contributed by atoms with Gasteiger partial charge in [0.05, 0.1) is 5.69 Å². The van der Waals surface area contributed by atoms with E-state index in [4.69, 9.17) is 0 Å². The first-order valence-corrected chi connectivity index (χ1v) is 15.2. The maximum absolute atomic E-state index is 2.46. The predicted molar refractivity (Wildman–Crippen MR) is 180 cm³/mol. The molecule has 0 unspecified atom stereocenters. The van der Waals surface area contributed by atoms with E-state index in [1.165, 1.54) is 91.8 Å². The van der Waals surface area contributed by atoms with Crippen LogP contribution in [0.5, 0.6) is 0 Å². The Labute approximate surface area is 247 Å². The summed E-state index contributed by atoms with van der Waals surface area (Å²) in [5.74, 6) is 0.696. The number of nitrogens with zero attached hydrogens (tertiary/aromatic N) is 1. The number of benzene rings is 7. The van der Waals surface area contributed by atoms with Crippen LogP contribution in [0.4, 0.5) is 17.1 Å². The van der Waals surface area contributed by atoms with Gasteiger partial charge in [0.2, 0.25) is 0 Å². The van der Waals surface area contributed by atoms with Crippen molar-refractivity contribution in [1.82, 2.24) is 0 Å². The minimum atomic E-state index is 0.696. The molecule has 1 aliphatic rings. The quantitative estimate of drug-likeness (QED) is 0.210. The maximum atomic E-state index is 2.46. The first kappa shape index (κ1) is 24.9. The molecule has 0 spiro atoms. The van der Waals surface area contributed by atoms with E-state index in [1.54, 1.807) is 0 Å². The Hall–Kier alpha value is -4.88. The maximum Gasteiger partial charge on any atom is 0.0546 e. The fourth-order valence-electron chi connectivity index (χ4n) is 6.99. The number of hydrogen-bond acceptors (Lipinski definition) is 1. The van der Waals surface area contributed by atoms with Crippen LogP contribution >= 0.6 is 0 Å². The SMILES string of the molecule is c1ccc2cc(-c3c(N(c4ccc(C5CCCC5)cc4)c4ccc5ccccc5c4)ccc4ccccc34)ccc2c1. The van der Waals surface area contributed by atoms with E-state index in [9.17, 15) is 0 Å². The summed E-state index contributed by atoms with van der Waals surface area (Å²) in [6.07, 6.45) is 5.32. The Kier molecular flexibility index (Phi) is 6.22. The zero-order valence-electron chi connectivity index (χ0n) is 23.7. The number of hydrogen-bond donors (Lipinski definition) is 0. The van der Waals surface area contributed by atoms with E-state index in [1.807, 2.05) is 0 Å². The summed E-state index contributed by atoms with van der Waals surface area (Å²) in [4.78, 5) is 2.46. The van der Waals surface area contributed by atoms with Crippen molar-refractivity contribution in [3.05, 3.63) is 151 Å². The van der Waals surface area contributed by atoms with Crippen LogP contribution < -0.4 is 4.90 Å². The van der Waals surface area contributed by atoms with Crippen LogP contribution in [0, 0.1) is 0 Å². The lowest BCUT2D eigenvalue weighted by molar-refractivity contribution is 0.723. The number of fused-ring (bicyclic) bond motifs is 3. The third kappa shape index (κ3) is 4.43. The van der Waals surface area contributed by atoms with E-state index in [0.717, 1.165) is 0 Å². The molecule has 0 aliphatic heterocycles. The first-order chi connectivity index (χ1) is 20.8. The van der Waals surface area contributed by atoms with E-state index >= 15 is 0 Å². The van der Waals surface area contributed by atoms with Gasteiger partial charge in [0.25, 0.3) is 0 Å². The van der Waals surface area contributed by atoms with Gasteiger partial charge in [0, 0.05) is 16.9 Å². The summed E-state index contributed by atoms with van der Waals surface area (Å²) in [7, 11) is 0. The summed E-state index contributed by atoms with van der Waals surface area (Å²) in [5, 5.41) is 7.53. The second-order valence-electron chi connectivity index (χ2n) is 11.7. The van der Waals surface area contributed by atoms with E-state index < -0.39 is 0 Å². The molecule has 0 radical (unpaired) electrons. The summed E-state index contributed by atoms with van der Waals surface area (Å²) in [6.45, 7) is 0. The Morgan fingerprint density at radius 3 is 1.76 bits per heavy atom. The zero-order chi connectivity index (χ0) is 27.9. The van der Waals surface area contributed by atoms with Gasteiger partial charge in [-0.15, -0.1) is 0 Å². The van der Waals surface area contributed by atoms with Crippen LogP contribution in [0.3, 0.4) is 0 Å². The standard InChI is InChI=1S/C41H33N/c1-2-10-29(9-1)32-19-23-37(24-20-32)42(38-25-21-31-12-4-6-15-35(31)28-38)40-26-22-33-13-7-8-16-39(33)41(40)36-18-17-30-11-3-5-14-34(30)27-36/h3-8,11-29H,1-2,9-10H2. The van der Waals surface area contributed by atoms with Crippen molar-refractivity contribution in [3.63, 3.8) is 0 Å². The number of rotatable bonds is 5. The zero-order valence-corrected chi connectivity index (χ0v) is 23.7. The molecular formula is C41H33N. The highest BCUT2D eigenvalue weighted by molar-refractivity contribution is 6.07. The highest BCUT2D eigenvalue weighted by atomic mass is 15.1. The van der Waals surface area contributed by atoms with Crippen LogP contribution in [0.2, 0.25) is 0 Å². The molecule has 0 aromatic heterocycles. The van der Waals surface area contributed by atoms with Crippen molar-refractivity contribution in [1.29, 1.82) is 0 Å². The molecule has 0 saturated heterocycles. The van der Waals surface area contributed by atoms with Crippen molar-refractivity contribution < 1.29 is 0 Å². The van der Waals surface area contributed by atoms with Crippen molar-refractivity contribution >= 4 is 49.4 Å². The van der Waals surface area contributed by atoms with Crippen LogP contribution in [0.1, 0.15) is 37.2 Å². The molecule has 1 aliphatic carbocycles. The normalized spacial score (nSPS) is 13.7. The predicted octanol–water partition coefficient (Wildman–Crippen LogP) is 11.9. The van der Waals surface area contributed by atoms with E-state index in [0.29, 0.717) is 5.92 Å². The van der Waals surface area contributed by atoms with Gasteiger partial charge >= 0.3 is 0 Å². The fourth-order valence-corrected chi connectivity index (χ4v) is 6.99. The van der Waals surface area contributed by atoms with Crippen LogP contribution in [-0.4, -0.2) is 0 Å². The highest BCUT2D eigenvalue weighted by Gasteiger charge is 2.21. The molecule has 202 valence electrons. The summed E-state index contributed by atoms with van der Waals surface area (Å²) in [6, 6.07) is 53.8. The topological polar surface area (TPSA) is 3.24 Å². The van der Waals surface area contributed by atoms with Gasteiger partial charge in [-0.05, 0) is 98.6 Å². The highest BCUT2D eigenvalue weighted by Crippen LogP contribution is 2.46. The monoisotopic (exact) mass is 539 g/mol. The molecule has 7 aromatic carbocycles. The summed E-state index contributed by atoms with van der Waals surface area (Å²) < 4.78 is 0. The van der Waals surface area contributed by atoms with E-state index in [-0.39, 0.29) is 0 Å². The second kappa shape index (κ2) is 10.5. The molecule has 1 fully saturated rings. The Morgan fingerprint density at radius 2 is 1.02 bits per heavy atom. The molecule has 0 N–H and O–H groups in total. The molecule has 0 bridgehead atoms. The van der Waals surface area contributed by atoms with Gasteiger partial charge in [-0.25, -0.2) is 0 Å². The molecule has 8 rings (SSSR count). The molecular weight excluding hydrogens is 506 g/mol.